The highest BCUT2D eigenvalue weighted by Gasteiger charge is 2.45. The number of fused-ring (bicyclic) bond motifs is 4. The van der Waals surface area contributed by atoms with Crippen molar-refractivity contribution >= 4 is 16.7 Å². The van der Waals surface area contributed by atoms with E-state index in [-0.39, 0.29) is 34.4 Å². The van der Waals surface area contributed by atoms with Gasteiger partial charge in [0.05, 0.1) is 10.9 Å². The van der Waals surface area contributed by atoms with Crippen LogP contribution in [0.25, 0.3) is 22.2 Å². The topological polar surface area (TPSA) is 74.6 Å². The molecule has 7 rings (SSSR count). The van der Waals surface area contributed by atoms with Crippen LogP contribution < -0.4 is 9.64 Å². The van der Waals surface area contributed by atoms with Gasteiger partial charge in [0.1, 0.15) is 29.4 Å². The molecule has 2 atom stereocenters. The summed E-state index contributed by atoms with van der Waals surface area (Å²) in [6, 6.07) is 5.34. The molecule has 4 aliphatic rings. The van der Waals surface area contributed by atoms with Gasteiger partial charge in [-0.05, 0) is 93.5 Å². The standard InChI is InChI=1S/C31H38FN5O2/c1-19(2)23-8-7-22(38)14-24(23)27-26(32)28-25(15-33-27)29(36-16-20-5-6-21(13-20)17-36)35-30(34-28)39-18-31-9-3-11-37(31)12-4-10-31/h7-8,14-15,19-21,38H,3-6,9-13,16-18H2,1-2H3. The third-order valence-electron chi connectivity index (χ3n) is 9.75. The summed E-state index contributed by atoms with van der Waals surface area (Å²) in [6.45, 7) is 8.74. The van der Waals surface area contributed by atoms with Gasteiger partial charge < -0.3 is 14.7 Å². The van der Waals surface area contributed by atoms with E-state index in [9.17, 15) is 5.11 Å². The van der Waals surface area contributed by atoms with E-state index in [0.29, 0.717) is 29.4 Å². The molecule has 3 saturated heterocycles. The van der Waals surface area contributed by atoms with Crippen LogP contribution in [0.3, 0.4) is 0 Å². The van der Waals surface area contributed by atoms with E-state index in [0.717, 1.165) is 50.4 Å². The molecule has 0 spiro atoms. The first-order valence-corrected chi connectivity index (χ1v) is 14.7. The van der Waals surface area contributed by atoms with E-state index >= 15 is 4.39 Å². The van der Waals surface area contributed by atoms with Crippen LogP contribution in [0.5, 0.6) is 11.8 Å². The molecule has 1 N–H and O–H groups in total. The van der Waals surface area contributed by atoms with Gasteiger partial charge in [-0.1, -0.05) is 19.9 Å². The fourth-order valence-corrected chi connectivity index (χ4v) is 7.81. The van der Waals surface area contributed by atoms with Crippen LogP contribution >= 0.6 is 0 Å². The number of piperidine rings is 1. The van der Waals surface area contributed by atoms with Crippen molar-refractivity contribution in [2.75, 3.05) is 37.7 Å². The number of hydrogen-bond acceptors (Lipinski definition) is 7. The molecular weight excluding hydrogens is 493 g/mol. The molecule has 2 aromatic heterocycles. The summed E-state index contributed by atoms with van der Waals surface area (Å²) < 4.78 is 22.8. The summed E-state index contributed by atoms with van der Waals surface area (Å²) in [5, 5.41) is 10.9. The number of ether oxygens (including phenoxy) is 1. The number of pyridine rings is 1. The van der Waals surface area contributed by atoms with Crippen LogP contribution in [-0.4, -0.2) is 63.3 Å². The summed E-state index contributed by atoms with van der Waals surface area (Å²) in [5.74, 6) is 1.78. The molecule has 8 heteroatoms. The van der Waals surface area contributed by atoms with Gasteiger partial charge in [0.2, 0.25) is 0 Å². The third kappa shape index (κ3) is 4.31. The summed E-state index contributed by atoms with van der Waals surface area (Å²) in [7, 11) is 0. The SMILES string of the molecule is CC(C)c1ccc(O)cc1-c1ncc2c(N3CC4CCC(C4)C3)nc(OCC34CCCN3CCC4)nc2c1F. The van der Waals surface area contributed by atoms with Crippen molar-refractivity contribution in [3.05, 3.63) is 35.8 Å². The van der Waals surface area contributed by atoms with Crippen LogP contribution in [-0.2, 0) is 0 Å². The van der Waals surface area contributed by atoms with Gasteiger partial charge in [-0.3, -0.25) is 9.88 Å². The Labute approximate surface area is 229 Å². The van der Waals surface area contributed by atoms with Crippen LogP contribution in [0, 0.1) is 17.7 Å². The van der Waals surface area contributed by atoms with Crippen molar-refractivity contribution in [2.45, 2.75) is 70.3 Å². The predicted molar refractivity (Wildman–Crippen MR) is 150 cm³/mol. The highest BCUT2D eigenvalue weighted by atomic mass is 19.1. The zero-order valence-corrected chi connectivity index (χ0v) is 23.0. The van der Waals surface area contributed by atoms with E-state index < -0.39 is 5.82 Å². The molecule has 5 heterocycles. The largest absolute Gasteiger partial charge is 0.508 e. The highest BCUT2D eigenvalue weighted by Crippen LogP contribution is 2.42. The molecule has 7 nitrogen and oxygen atoms in total. The van der Waals surface area contributed by atoms with Gasteiger partial charge >= 0.3 is 6.01 Å². The van der Waals surface area contributed by atoms with Crippen molar-refractivity contribution in [2.24, 2.45) is 11.8 Å². The molecule has 1 aromatic carbocycles. The molecule has 3 aromatic rings. The number of rotatable bonds is 6. The number of phenolic OH excluding ortho intramolecular Hbond substituents is 1. The molecule has 0 radical (unpaired) electrons. The van der Waals surface area contributed by atoms with Crippen LogP contribution in [0.4, 0.5) is 10.2 Å². The lowest BCUT2D eigenvalue weighted by molar-refractivity contribution is 0.108. The maximum Gasteiger partial charge on any atom is 0.319 e. The molecule has 3 aliphatic heterocycles. The van der Waals surface area contributed by atoms with E-state index in [2.05, 4.69) is 33.6 Å². The van der Waals surface area contributed by atoms with Crippen molar-refractivity contribution in [3.63, 3.8) is 0 Å². The van der Waals surface area contributed by atoms with E-state index in [1.165, 1.54) is 32.1 Å². The molecular formula is C31H38FN5O2. The average Bonchev–Trinajstić information content (AvgIpc) is 3.61. The van der Waals surface area contributed by atoms with Crippen molar-refractivity contribution in [3.8, 4) is 23.0 Å². The minimum Gasteiger partial charge on any atom is -0.508 e. The number of aromatic hydroxyl groups is 1. The monoisotopic (exact) mass is 531 g/mol. The Morgan fingerprint density at radius 2 is 1.85 bits per heavy atom. The maximum atomic E-state index is 16.5. The van der Waals surface area contributed by atoms with Gasteiger partial charge in [0, 0.05) is 24.8 Å². The fourth-order valence-electron chi connectivity index (χ4n) is 7.81. The molecule has 0 amide bonds. The van der Waals surface area contributed by atoms with Crippen molar-refractivity contribution < 1.29 is 14.2 Å². The second-order valence-corrected chi connectivity index (χ2v) is 12.6. The molecule has 4 fully saturated rings. The van der Waals surface area contributed by atoms with Crippen LogP contribution in [0.15, 0.2) is 24.4 Å². The van der Waals surface area contributed by atoms with Gasteiger partial charge in [-0.2, -0.15) is 9.97 Å². The lowest BCUT2D eigenvalue weighted by Crippen LogP contribution is -2.43. The first-order valence-electron chi connectivity index (χ1n) is 14.7. The Bertz CT molecular complexity index is 1390. The fraction of sp³-hybridized carbons (Fsp3) is 0.581. The zero-order chi connectivity index (χ0) is 26.7. The Kier molecular flexibility index (Phi) is 6.14. The van der Waals surface area contributed by atoms with Gasteiger partial charge in [-0.15, -0.1) is 0 Å². The summed E-state index contributed by atoms with van der Waals surface area (Å²) >= 11 is 0. The lowest BCUT2D eigenvalue weighted by atomic mass is 9.94. The Hall–Kier alpha value is -3.00. The smallest absolute Gasteiger partial charge is 0.319 e. The second kappa shape index (κ2) is 9.58. The summed E-state index contributed by atoms with van der Waals surface area (Å²) in [5.41, 5.74) is 2.02. The number of nitrogens with zero attached hydrogens (tertiary/aromatic N) is 5. The van der Waals surface area contributed by atoms with Gasteiger partial charge in [-0.25, -0.2) is 4.39 Å². The Balaban J connectivity index is 1.33. The zero-order valence-electron chi connectivity index (χ0n) is 23.0. The number of hydrogen-bond donors (Lipinski definition) is 1. The first kappa shape index (κ1) is 25.0. The van der Waals surface area contributed by atoms with E-state index in [1.54, 1.807) is 18.3 Å². The first-order chi connectivity index (χ1) is 18.9. The van der Waals surface area contributed by atoms with Gasteiger partial charge in [0.15, 0.2) is 5.82 Å². The van der Waals surface area contributed by atoms with Crippen molar-refractivity contribution in [1.82, 2.24) is 19.9 Å². The van der Waals surface area contributed by atoms with E-state index in [4.69, 9.17) is 9.72 Å². The molecule has 1 saturated carbocycles. The van der Waals surface area contributed by atoms with Gasteiger partial charge in [0.25, 0.3) is 0 Å². The lowest BCUT2D eigenvalue weighted by Gasteiger charge is -2.34. The molecule has 39 heavy (non-hydrogen) atoms. The quantitative estimate of drug-likeness (QED) is 0.424. The maximum absolute atomic E-state index is 16.5. The number of anilines is 1. The third-order valence-corrected chi connectivity index (χ3v) is 9.75. The number of halogens is 1. The Morgan fingerprint density at radius 3 is 2.56 bits per heavy atom. The minimum atomic E-state index is -0.491. The highest BCUT2D eigenvalue weighted by molar-refractivity contribution is 5.92. The number of phenols is 1. The number of benzene rings is 1. The van der Waals surface area contributed by atoms with Crippen LogP contribution in [0.2, 0.25) is 0 Å². The molecule has 2 unspecified atom stereocenters. The van der Waals surface area contributed by atoms with Crippen molar-refractivity contribution in [1.29, 1.82) is 0 Å². The predicted octanol–water partition coefficient (Wildman–Crippen LogP) is 5.90. The average molecular weight is 532 g/mol. The molecule has 206 valence electrons. The summed E-state index contributed by atoms with van der Waals surface area (Å²) in [4.78, 5) is 19.1. The molecule has 1 aliphatic carbocycles. The number of aromatic nitrogens is 3. The minimum absolute atomic E-state index is 0.0540. The summed E-state index contributed by atoms with van der Waals surface area (Å²) in [6.07, 6.45) is 10.1. The van der Waals surface area contributed by atoms with Crippen LogP contribution in [0.1, 0.15) is 70.3 Å². The second-order valence-electron chi connectivity index (χ2n) is 12.6. The Morgan fingerprint density at radius 1 is 1.10 bits per heavy atom. The molecule has 2 bridgehead atoms. The normalized spacial score (nSPS) is 24.2. The van der Waals surface area contributed by atoms with E-state index in [1.807, 2.05) is 6.07 Å².